The highest BCUT2D eigenvalue weighted by Crippen LogP contribution is 2.41. The highest BCUT2D eigenvalue weighted by atomic mass is 35.5. The van der Waals surface area contributed by atoms with Crippen molar-refractivity contribution in [2.45, 2.75) is 12.8 Å². The molecule has 1 saturated carbocycles. The number of methoxy groups -OCH3 is 1. The van der Waals surface area contributed by atoms with Crippen molar-refractivity contribution in [2.75, 3.05) is 7.11 Å². The zero-order valence-corrected chi connectivity index (χ0v) is 9.88. The fourth-order valence-electron chi connectivity index (χ4n) is 1.68. The van der Waals surface area contributed by atoms with Gasteiger partial charge in [-0.1, -0.05) is 18.2 Å². The fraction of sp³-hybridized carbons (Fsp3) is 0.308. The van der Waals surface area contributed by atoms with Crippen LogP contribution in [0.1, 0.15) is 28.8 Å². The van der Waals surface area contributed by atoms with E-state index in [-0.39, 0.29) is 5.97 Å². The topological polar surface area (TPSA) is 26.3 Å². The van der Waals surface area contributed by atoms with Gasteiger partial charge in [0, 0.05) is 5.02 Å². The molecule has 0 aromatic heterocycles. The number of ether oxygens (including phenoxy) is 1. The van der Waals surface area contributed by atoms with Crippen LogP contribution in [0.5, 0.6) is 0 Å². The molecule has 1 aliphatic carbocycles. The molecule has 0 N–H and O–H groups in total. The number of rotatable bonds is 3. The second-order valence-corrected chi connectivity index (χ2v) is 4.46. The van der Waals surface area contributed by atoms with E-state index in [0.29, 0.717) is 16.5 Å². The number of halogens is 1. The summed E-state index contributed by atoms with van der Waals surface area (Å²) in [4.78, 5) is 11.4. The van der Waals surface area contributed by atoms with Crippen LogP contribution in [-0.2, 0) is 4.74 Å². The molecule has 1 aliphatic rings. The van der Waals surface area contributed by atoms with Gasteiger partial charge in [0.25, 0.3) is 0 Å². The molecule has 3 heteroatoms. The summed E-state index contributed by atoms with van der Waals surface area (Å²) in [5.74, 6) is 0.191. The molecule has 0 aliphatic heterocycles. The molecule has 0 radical (unpaired) electrons. The van der Waals surface area contributed by atoms with Gasteiger partial charge >= 0.3 is 5.97 Å². The fourth-order valence-corrected chi connectivity index (χ4v) is 1.91. The predicted molar refractivity (Wildman–Crippen MR) is 64.5 cm³/mol. The first-order chi connectivity index (χ1) is 7.61. The molecule has 2 rings (SSSR count). The maximum atomic E-state index is 11.4. The van der Waals surface area contributed by atoms with Gasteiger partial charge in [0.15, 0.2) is 0 Å². The Morgan fingerprint density at radius 3 is 2.56 bits per heavy atom. The van der Waals surface area contributed by atoms with Crippen LogP contribution in [0.3, 0.4) is 0 Å². The molecule has 0 heterocycles. The smallest absolute Gasteiger partial charge is 0.337 e. The summed E-state index contributed by atoms with van der Waals surface area (Å²) in [6.07, 6.45) is 2.36. The largest absolute Gasteiger partial charge is 0.465 e. The number of esters is 1. The number of carbonyl (C=O) groups is 1. The lowest BCUT2D eigenvalue weighted by molar-refractivity contribution is 0.0600. The molecule has 0 spiro atoms. The minimum absolute atomic E-state index is 0.368. The Hall–Kier alpha value is -1.28. The monoisotopic (exact) mass is 236 g/mol. The minimum Gasteiger partial charge on any atom is -0.465 e. The van der Waals surface area contributed by atoms with Crippen LogP contribution >= 0.6 is 11.6 Å². The maximum Gasteiger partial charge on any atom is 0.337 e. The zero-order chi connectivity index (χ0) is 11.7. The van der Waals surface area contributed by atoms with Crippen molar-refractivity contribution in [1.29, 1.82) is 0 Å². The third-order valence-corrected chi connectivity index (χ3v) is 2.98. The van der Waals surface area contributed by atoms with Crippen molar-refractivity contribution >= 4 is 23.1 Å². The van der Waals surface area contributed by atoms with Gasteiger partial charge in [0.1, 0.15) is 0 Å². The van der Waals surface area contributed by atoms with E-state index in [1.807, 2.05) is 6.07 Å². The first-order valence-electron chi connectivity index (χ1n) is 5.20. The minimum atomic E-state index is -0.368. The van der Waals surface area contributed by atoms with Gasteiger partial charge in [-0.3, -0.25) is 0 Å². The van der Waals surface area contributed by atoms with Gasteiger partial charge in [-0.05, 0) is 48.1 Å². The summed E-state index contributed by atoms with van der Waals surface area (Å²) < 4.78 is 4.67. The molecule has 1 aromatic carbocycles. The third kappa shape index (κ3) is 2.27. The molecule has 2 nitrogen and oxygen atoms in total. The van der Waals surface area contributed by atoms with Gasteiger partial charge in [0.05, 0.1) is 12.7 Å². The second-order valence-electron chi connectivity index (χ2n) is 4.02. The number of hydrogen-bond donors (Lipinski definition) is 0. The first-order valence-corrected chi connectivity index (χ1v) is 5.57. The predicted octanol–water partition coefficient (Wildman–Crippen LogP) is 3.55. The van der Waals surface area contributed by atoms with E-state index >= 15 is 0 Å². The van der Waals surface area contributed by atoms with Crippen molar-refractivity contribution in [2.24, 2.45) is 5.92 Å². The average Bonchev–Trinajstić information content (AvgIpc) is 3.10. The van der Waals surface area contributed by atoms with Crippen LogP contribution in [0.2, 0.25) is 5.02 Å². The van der Waals surface area contributed by atoms with Gasteiger partial charge in [0.2, 0.25) is 0 Å². The summed E-state index contributed by atoms with van der Waals surface area (Å²) in [5, 5.41) is 0.541. The van der Waals surface area contributed by atoms with Crippen molar-refractivity contribution in [3.63, 3.8) is 0 Å². The summed E-state index contributed by atoms with van der Waals surface area (Å²) in [6, 6.07) is 5.24. The molecule has 0 bridgehead atoms. The Labute approximate surface area is 99.9 Å². The molecule has 1 aromatic rings. The molecule has 0 saturated heterocycles. The first kappa shape index (κ1) is 11.2. The molecule has 1 fully saturated rings. The molecule has 16 heavy (non-hydrogen) atoms. The molecule has 0 amide bonds. The molecule has 84 valence electrons. The van der Waals surface area contributed by atoms with Gasteiger partial charge in [-0.25, -0.2) is 4.79 Å². The van der Waals surface area contributed by atoms with Gasteiger partial charge < -0.3 is 4.74 Å². The maximum absolute atomic E-state index is 11.4. The Balaban J connectivity index is 2.34. The molecular weight excluding hydrogens is 224 g/mol. The molecule has 0 unspecified atom stereocenters. The van der Waals surface area contributed by atoms with Crippen LogP contribution in [0.15, 0.2) is 24.8 Å². The lowest BCUT2D eigenvalue weighted by atomic mass is 10.0. The van der Waals surface area contributed by atoms with E-state index in [0.717, 1.165) is 11.1 Å². The van der Waals surface area contributed by atoms with Crippen LogP contribution < -0.4 is 0 Å². The average molecular weight is 237 g/mol. The van der Waals surface area contributed by atoms with Gasteiger partial charge in [-0.15, -0.1) is 0 Å². The SMILES string of the molecule is C=C(c1cc(Cl)cc(C(=O)OC)c1)C1CC1. The molecular formula is C13H13ClO2. The summed E-state index contributed by atoms with van der Waals surface area (Å²) >= 11 is 5.97. The zero-order valence-electron chi connectivity index (χ0n) is 9.13. The lowest BCUT2D eigenvalue weighted by Gasteiger charge is -2.07. The van der Waals surface area contributed by atoms with E-state index in [1.165, 1.54) is 20.0 Å². The van der Waals surface area contributed by atoms with Crippen LogP contribution in [0.4, 0.5) is 0 Å². The van der Waals surface area contributed by atoms with Crippen molar-refractivity contribution in [1.82, 2.24) is 0 Å². The van der Waals surface area contributed by atoms with E-state index < -0.39 is 0 Å². The standard InChI is InChI=1S/C13H13ClO2/c1-8(9-3-4-9)10-5-11(13(15)16-2)7-12(14)6-10/h5-7,9H,1,3-4H2,2H3. The van der Waals surface area contributed by atoms with Crippen LogP contribution in [0, 0.1) is 5.92 Å². The Morgan fingerprint density at radius 2 is 2.00 bits per heavy atom. The molecule has 0 atom stereocenters. The van der Waals surface area contributed by atoms with Crippen LogP contribution in [0.25, 0.3) is 5.57 Å². The summed E-state index contributed by atoms with van der Waals surface area (Å²) in [6.45, 7) is 4.04. The van der Waals surface area contributed by atoms with E-state index in [2.05, 4.69) is 11.3 Å². The van der Waals surface area contributed by atoms with E-state index in [1.54, 1.807) is 12.1 Å². The quantitative estimate of drug-likeness (QED) is 0.751. The Morgan fingerprint density at radius 1 is 1.38 bits per heavy atom. The lowest BCUT2D eigenvalue weighted by Crippen LogP contribution is -2.02. The van der Waals surface area contributed by atoms with Crippen molar-refractivity contribution in [3.05, 3.63) is 40.9 Å². The number of benzene rings is 1. The highest BCUT2D eigenvalue weighted by Gasteiger charge is 2.26. The highest BCUT2D eigenvalue weighted by molar-refractivity contribution is 6.31. The number of hydrogen-bond acceptors (Lipinski definition) is 2. The van der Waals surface area contributed by atoms with Crippen molar-refractivity contribution in [3.8, 4) is 0 Å². The Bertz CT molecular complexity index is 447. The number of allylic oxidation sites excluding steroid dienone is 1. The van der Waals surface area contributed by atoms with Crippen LogP contribution in [-0.4, -0.2) is 13.1 Å². The second kappa shape index (κ2) is 4.30. The normalized spacial score (nSPS) is 14.6. The Kier molecular flexibility index (Phi) is 3.01. The summed E-state index contributed by atoms with van der Waals surface area (Å²) in [7, 11) is 1.36. The van der Waals surface area contributed by atoms with E-state index in [4.69, 9.17) is 11.6 Å². The van der Waals surface area contributed by atoms with E-state index in [9.17, 15) is 4.79 Å². The van der Waals surface area contributed by atoms with Crippen molar-refractivity contribution < 1.29 is 9.53 Å². The number of carbonyl (C=O) groups excluding carboxylic acids is 1. The van der Waals surface area contributed by atoms with Gasteiger partial charge in [-0.2, -0.15) is 0 Å². The third-order valence-electron chi connectivity index (χ3n) is 2.76. The summed E-state index contributed by atoms with van der Waals surface area (Å²) in [5.41, 5.74) is 2.48.